The van der Waals surface area contributed by atoms with Crippen molar-refractivity contribution in [3.8, 4) is 0 Å². The molecule has 5 nitrogen and oxygen atoms in total. The molecule has 1 unspecified atom stereocenters. The third-order valence-corrected chi connectivity index (χ3v) is 4.08. The van der Waals surface area contributed by atoms with E-state index in [1.54, 1.807) is 11.9 Å². The van der Waals surface area contributed by atoms with Gasteiger partial charge in [0.25, 0.3) is 0 Å². The molecule has 0 saturated carbocycles. The van der Waals surface area contributed by atoms with Crippen molar-refractivity contribution in [3.05, 3.63) is 42.0 Å². The fraction of sp³-hybridized carbons (Fsp3) is 0.389. The van der Waals surface area contributed by atoms with Crippen LogP contribution in [0.25, 0.3) is 10.8 Å². The Morgan fingerprint density at radius 3 is 2.87 bits per heavy atom. The second-order valence-corrected chi connectivity index (χ2v) is 5.86. The number of ether oxygens (including phenoxy) is 2. The van der Waals surface area contributed by atoms with E-state index in [4.69, 9.17) is 9.47 Å². The molecule has 1 N–H and O–H groups in total. The minimum Gasteiger partial charge on any atom is -0.376 e. The molecule has 2 aromatic rings. The van der Waals surface area contributed by atoms with Crippen molar-refractivity contribution < 1.29 is 14.3 Å². The zero-order chi connectivity index (χ0) is 16.2. The highest BCUT2D eigenvalue weighted by atomic mass is 16.6. The van der Waals surface area contributed by atoms with Gasteiger partial charge in [0.1, 0.15) is 0 Å². The molecule has 122 valence electrons. The number of rotatable bonds is 3. The van der Waals surface area contributed by atoms with Gasteiger partial charge in [-0.2, -0.15) is 0 Å². The zero-order valence-corrected chi connectivity index (χ0v) is 13.5. The predicted molar refractivity (Wildman–Crippen MR) is 90.9 cm³/mol. The summed E-state index contributed by atoms with van der Waals surface area (Å²) in [6.07, 6.45) is -0.0619. The Bertz CT molecular complexity index is 696. The predicted octanol–water partition coefficient (Wildman–Crippen LogP) is 3.03. The van der Waals surface area contributed by atoms with Gasteiger partial charge in [0.05, 0.1) is 38.2 Å². The Hall–Kier alpha value is -2.11. The molecule has 1 fully saturated rings. The molecule has 5 heteroatoms. The normalized spacial score (nSPS) is 17.9. The number of hydrogen-bond acceptors (Lipinski definition) is 3. The molecule has 1 aliphatic rings. The maximum Gasteiger partial charge on any atom is 0.321 e. The van der Waals surface area contributed by atoms with Crippen LogP contribution in [0.1, 0.15) is 5.56 Å². The molecular weight excluding hydrogens is 292 g/mol. The fourth-order valence-electron chi connectivity index (χ4n) is 2.78. The number of nitrogens with zero attached hydrogens (tertiary/aromatic N) is 1. The number of amides is 2. The molecule has 1 saturated heterocycles. The summed E-state index contributed by atoms with van der Waals surface area (Å²) in [6.45, 7) is 4.25. The Kier molecular flexibility index (Phi) is 4.79. The standard InChI is InChI=1S/C18H22N2O3/c1-13-7-8-14-5-3-4-6-16(14)17(13)19-18(21)20(2)11-15-12-22-9-10-23-15/h3-8,15H,9-12H2,1-2H3,(H,19,21). The van der Waals surface area contributed by atoms with Crippen LogP contribution in [0.15, 0.2) is 36.4 Å². The molecule has 0 aromatic heterocycles. The first-order chi connectivity index (χ1) is 11.1. The van der Waals surface area contributed by atoms with Gasteiger partial charge in [0.2, 0.25) is 0 Å². The van der Waals surface area contributed by atoms with Crippen LogP contribution in [0.5, 0.6) is 0 Å². The highest BCUT2D eigenvalue weighted by Crippen LogP contribution is 2.27. The van der Waals surface area contributed by atoms with Crippen LogP contribution in [-0.2, 0) is 9.47 Å². The second-order valence-electron chi connectivity index (χ2n) is 5.86. The lowest BCUT2D eigenvalue weighted by Crippen LogP contribution is -2.42. The average Bonchev–Trinajstić information content (AvgIpc) is 2.58. The second kappa shape index (κ2) is 6.98. The molecule has 0 spiro atoms. The van der Waals surface area contributed by atoms with E-state index < -0.39 is 0 Å². The molecular formula is C18H22N2O3. The molecule has 0 aliphatic carbocycles. The maximum absolute atomic E-state index is 12.5. The molecule has 0 bridgehead atoms. The minimum atomic E-state index is -0.140. The van der Waals surface area contributed by atoms with E-state index >= 15 is 0 Å². The van der Waals surface area contributed by atoms with Gasteiger partial charge in [-0.05, 0) is 17.9 Å². The summed E-state index contributed by atoms with van der Waals surface area (Å²) in [5.41, 5.74) is 1.91. The number of carbonyl (C=O) groups is 1. The van der Waals surface area contributed by atoms with Crippen molar-refractivity contribution in [3.63, 3.8) is 0 Å². The van der Waals surface area contributed by atoms with Gasteiger partial charge in [-0.25, -0.2) is 4.79 Å². The van der Waals surface area contributed by atoms with Gasteiger partial charge < -0.3 is 19.7 Å². The van der Waals surface area contributed by atoms with E-state index in [-0.39, 0.29) is 12.1 Å². The Labute approximate surface area is 136 Å². The molecule has 0 radical (unpaired) electrons. The van der Waals surface area contributed by atoms with Crippen molar-refractivity contribution >= 4 is 22.5 Å². The summed E-state index contributed by atoms with van der Waals surface area (Å²) in [4.78, 5) is 14.1. The quantitative estimate of drug-likeness (QED) is 0.947. The van der Waals surface area contributed by atoms with Crippen molar-refractivity contribution in [1.82, 2.24) is 4.90 Å². The maximum atomic E-state index is 12.5. The zero-order valence-electron chi connectivity index (χ0n) is 13.5. The van der Waals surface area contributed by atoms with Gasteiger partial charge >= 0.3 is 6.03 Å². The van der Waals surface area contributed by atoms with Gasteiger partial charge in [-0.15, -0.1) is 0 Å². The summed E-state index contributed by atoms with van der Waals surface area (Å²) in [5, 5.41) is 5.19. The molecule has 1 atom stereocenters. The average molecular weight is 314 g/mol. The lowest BCUT2D eigenvalue weighted by Gasteiger charge is -2.27. The van der Waals surface area contributed by atoms with E-state index in [2.05, 4.69) is 11.4 Å². The van der Waals surface area contributed by atoms with Crippen molar-refractivity contribution in [1.29, 1.82) is 0 Å². The summed E-state index contributed by atoms with van der Waals surface area (Å²) in [7, 11) is 1.77. The van der Waals surface area contributed by atoms with Crippen LogP contribution in [0.2, 0.25) is 0 Å². The van der Waals surface area contributed by atoms with E-state index in [1.165, 1.54) is 0 Å². The van der Waals surface area contributed by atoms with E-state index in [1.807, 2.05) is 37.3 Å². The molecule has 3 rings (SSSR count). The SMILES string of the molecule is Cc1ccc2ccccc2c1NC(=O)N(C)CC1COCCO1. The number of urea groups is 1. The molecule has 1 heterocycles. The summed E-state index contributed by atoms with van der Waals surface area (Å²) < 4.78 is 11.0. The third kappa shape index (κ3) is 3.63. The topological polar surface area (TPSA) is 50.8 Å². The highest BCUT2D eigenvalue weighted by molar-refractivity contribution is 6.02. The molecule has 1 aliphatic heterocycles. The van der Waals surface area contributed by atoms with Crippen LogP contribution in [0, 0.1) is 6.92 Å². The lowest BCUT2D eigenvalue weighted by atomic mass is 10.0. The van der Waals surface area contributed by atoms with Crippen molar-refractivity contribution in [2.75, 3.05) is 38.7 Å². The first-order valence-electron chi connectivity index (χ1n) is 7.85. The monoisotopic (exact) mass is 314 g/mol. The number of anilines is 1. The van der Waals surface area contributed by atoms with Crippen molar-refractivity contribution in [2.45, 2.75) is 13.0 Å². The number of hydrogen-bond donors (Lipinski definition) is 1. The fourth-order valence-corrected chi connectivity index (χ4v) is 2.78. The number of benzene rings is 2. The smallest absolute Gasteiger partial charge is 0.321 e. The number of likely N-dealkylation sites (N-methyl/N-ethyl adjacent to an activating group) is 1. The van der Waals surface area contributed by atoms with Gasteiger partial charge in [0, 0.05) is 12.4 Å². The first kappa shape index (κ1) is 15.8. The van der Waals surface area contributed by atoms with Gasteiger partial charge in [0.15, 0.2) is 0 Å². The largest absolute Gasteiger partial charge is 0.376 e. The van der Waals surface area contributed by atoms with Crippen LogP contribution < -0.4 is 5.32 Å². The highest BCUT2D eigenvalue weighted by Gasteiger charge is 2.20. The molecule has 23 heavy (non-hydrogen) atoms. The molecule has 2 amide bonds. The summed E-state index contributed by atoms with van der Waals surface area (Å²) in [6, 6.07) is 12.0. The van der Waals surface area contributed by atoms with E-state index in [0.29, 0.717) is 26.4 Å². The number of aryl methyl sites for hydroxylation is 1. The van der Waals surface area contributed by atoms with Crippen LogP contribution in [0.4, 0.5) is 10.5 Å². The first-order valence-corrected chi connectivity index (χ1v) is 7.85. The molecule has 2 aromatic carbocycles. The third-order valence-electron chi connectivity index (χ3n) is 4.08. The van der Waals surface area contributed by atoms with E-state index in [0.717, 1.165) is 22.0 Å². The number of nitrogens with one attached hydrogen (secondary N) is 1. The van der Waals surface area contributed by atoms with Gasteiger partial charge in [-0.3, -0.25) is 0 Å². The Morgan fingerprint density at radius 1 is 1.26 bits per heavy atom. The summed E-state index contributed by atoms with van der Waals surface area (Å²) >= 11 is 0. The Balaban J connectivity index is 1.73. The summed E-state index contributed by atoms with van der Waals surface area (Å²) in [5.74, 6) is 0. The van der Waals surface area contributed by atoms with E-state index in [9.17, 15) is 4.79 Å². The van der Waals surface area contributed by atoms with Crippen LogP contribution in [0.3, 0.4) is 0 Å². The Morgan fingerprint density at radius 2 is 2.09 bits per heavy atom. The van der Waals surface area contributed by atoms with Crippen LogP contribution >= 0.6 is 0 Å². The lowest BCUT2D eigenvalue weighted by molar-refractivity contribution is -0.0925. The van der Waals surface area contributed by atoms with Crippen LogP contribution in [-0.4, -0.2) is 50.4 Å². The minimum absolute atomic E-state index is 0.0619. The number of fused-ring (bicyclic) bond motifs is 1. The number of carbonyl (C=O) groups excluding carboxylic acids is 1. The van der Waals surface area contributed by atoms with Gasteiger partial charge in [-0.1, -0.05) is 36.4 Å². The van der Waals surface area contributed by atoms with Crippen molar-refractivity contribution in [2.24, 2.45) is 0 Å².